The molecule has 4 rings (SSSR count). The monoisotopic (exact) mass is 780 g/mol. The molecule has 0 aliphatic rings. The molecule has 0 saturated carbocycles. The van der Waals surface area contributed by atoms with Crippen molar-refractivity contribution in [2.45, 2.75) is 55.4 Å². The van der Waals surface area contributed by atoms with Crippen LogP contribution in [0.5, 0.6) is 0 Å². The van der Waals surface area contributed by atoms with Crippen molar-refractivity contribution in [1.82, 2.24) is 0 Å². The first-order valence-corrected chi connectivity index (χ1v) is 20.8. The molecular formula is C41H58Cu2N3P2+. The average molecular weight is 782 g/mol. The molecule has 1 aromatic heterocycles. The second-order valence-corrected chi connectivity index (χ2v) is 19.1. The zero-order valence-corrected chi connectivity index (χ0v) is 34.1. The first-order chi connectivity index (χ1) is 21.9. The van der Waals surface area contributed by atoms with E-state index in [1.54, 1.807) is 0 Å². The Hall–Kier alpha value is -1.95. The number of aromatic nitrogens is 1. The summed E-state index contributed by atoms with van der Waals surface area (Å²) in [5, 5.41) is 6.41. The molecule has 0 N–H and O–H groups in total. The minimum absolute atomic E-state index is 0. The van der Waals surface area contributed by atoms with Crippen LogP contribution in [-0.2, 0) is 34.1 Å². The summed E-state index contributed by atoms with van der Waals surface area (Å²) in [4.78, 5) is 0. The smallest absolute Gasteiger partial charge is 0.712 e. The molecule has 268 valence electrons. The van der Waals surface area contributed by atoms with Gasteiger partial charge in [0.15, 0.2) is 6.20 Å². The number of hydrogen-bond donors (Lipinski definition) is 0. The van der Waals surface area contributed by atoms with Crippen LogP contribution in [0.2, 0.25) is 0 Å². The predicted octanol–water partition coefficient (Wildman–Crippen LogP) is 11.1. The van der Waals surface area contributed by atoms with Gasteiger partial charge in [0.25, 0.3) is 0 Å². The van der Waals surface area contributed by atoms with Gasteiger partial charge in [-0.15, -0.1) is 30.0 Å². The van der Waals surface area contributed by atoms with Crippen LogP contribution in [0.4, 0.5) is 17.1 Å². The maximum absolute atomic E-state index is 4.94. The Morgan fingerprint density at radius 1 is 0.542 bits per heavy atom. The van der Waals surface area contributed by atoms with E-state index in [-0.39, 0.29) is 34.1 Å². The van der Waals surface area contributed by atoms with Crippen molar-refractivity contribution >= 4 is 43.6 Å². The second kappa shape index (κ2) is 22.7. The Bertz CT molecular complexity index is 1340. The van der Waals surface area contributed by atoms with Crippen LogP contribution in [0.15, 0.2) is 97.2 Å². The minimum atomic E-state index is -0.634. The molecule has 0 amide bonds. The Morgan fingerprint density at radius 3 is 1.46 bits per heavy atom. The van der Waals surface area contributed by atoms with Gasteiger partial charge in [0, 0.05) is 37.1 Å². The molecule has 0 spiro atoms. The third-order valence-corrected chi connectivity index (χ3v) is 15.1. The standard InChI is InChI=1S/C21H28NP.C20H28N2P.2Cu/c1-16(2)14-23(15-17(3)4)21-13-9-8-12-20(21)22-19-11-7-6-10-18(19)5;1-16(2)14-23(15-17(3)4)20-12-8-9-13-22(20)21-19-11-7-6-10-18(19)5;;/h2*6-13,16-17H,5,14-15H2,1-4H3;;/q-2;-1;;+2/p+2. The maximum atomic E-state index is 4.94. The summed E-state index contributed by atoms with van der Waals surface area (Å²) < 4.78 is 2.09. The summed E-state index contributed by atoms with van der Waals surface area (Å²) in [5.74, 6) is 2.90. The van der Waals surface area contributed by atoms with Gasteiger partial charge in [-0.2, -0.15) is 24.7 Å². The van der Waals surface area contributed by atoms with Gasteiger partial charge < -0.3 is 10.7 Å². The van der Waals surface area contributed by atoms with Crippen LogP contribution in [-0.4, -0.2) is 24.6 Å². The Labute approximate surface area is 317 Å². The number of pyridine rings is 1. The number of rotatable bonds is 14. The first kappa shape index (κ1) is 44.1. The van der Waals surface area contributed by atoms with Crippen LogP contribution in [0.3, 0.4) is 0 Å². The van der Waals surface area contributed by atoms with E-state index in [9.17, 15) is 0 Å². The fourth-order valence-corrected chi connectivity index (χ4v) is 12.5. The Morgan fingerprint density at radius 2 is 0.958 bits per heavy atom. The molecule has 3 nitrogen and oxygen atoms in total. The van der Waals surface area contributed by atoms with Gasteiger partial charge in [0.1, 0.15) is 7.92 Å². The topological polar surface area (TPSA) is 32.1 Å². The van der Waals surface area contributed by atoms with E-state index in [0.717, 1.165) is 51.9 Å². The largest absolute Gasteiger partial charge is 2.00 e. The van der Waals surface area contributed by atoms with E-state index in [1.165, 1.54) is 35.4 Å². The van der Waals surface area contributed by atoms with Crippen molar-refractivity contribution in [2.75, 3.05) is 24.6 Å². The van der Waals surface area contributed by atoms with Gasteiger partial charge in [-0.1, -0.05) is 85.7 Å². The Balaban J connectivity index is 0.000000461. The molecule has 0 fully saturated rings. The third kappa shape index (κ3) is 14.9. The van der Waals surface area contributed by atoms with E-state index in [2.05, 4.69) is 129 Å². The quantitative estimate of drug-likeness (QED) is 0.0528. The van der Waals surface area contributed by atoms with Crippen LogP contribution >= 0.6 is 15.8 Å². The van der Waals surface area contributed by atoms with Crippen molar-refractivity contribution in [3.63, 3.8) is 0 Å². The van der Waals surface area contributed by atoms with Gasteiger partial charge in [-0.25, -0.2) is 22.7 Å². The van der Waals surface area contributed by atoms with Gasteiger partial charge in [0.05, 0.1) is 30.0 Å². The normalized spacial score (nSPS) is 11.0. The number of hydrogen-bond acceptors (Lipinski definition) is 0. The van der Waals surface area contributed by atoms with E-state index >= 15 is 0 Å². The molecule has 3 aromatic carbocycles. The molecule has 0 atom stereocenters. The molecule has 1 heterocycles. The molecular weight excluding hydrogens is 724 g/mol. The first-order valence-electron chi connectivity index (χ1n) is 17.0. The van der Waals surface area contributed by atoms with Gasteiger partial charge >= 0.3 is 22.5 Å². The van der Waals surface area contributed by atoms with Gasteiger partial charge in [0.2, 0.25) is 0 Å². The number of nitrogens with zero attached hydrogens (tertiary/aromatic N) is 3. The van der Waals surface area contributed by atoms with Crippen molar-refractivity contribution in [1.29, 1.82) is 0 Å². The third-order valence-electron chi connectivity index (χ3n) is 7.54. The summed E-state index contributed by atoms with van der Waals surface area (Å²) in [6.45, 7) is 26.8. The number of para-hydroxylation sites is 2. The zero-order valence-electron chi connectivity index (χ0n) is 30.2. The SMILES string of the molecule is [CH2-]c1ccccc1[N-][n+]1ccccc1[PH+](CC(C)C)CC(C)C.[CH2-]c1ccccc1[N-]c1ccccc1[PH+](CC(C)C)CC(C)C.[Cu+2].[Cu]. The minimum Gasteiger partial charge on any atom is -0.712 e. The molecule has 0 bridgehead atoms. The molecule has 0 unspecified atom stereocenters. The zero-order chi connectivity index (χ0) is 33.6. The fraction of sp³-hybridized carbons (Fsp3) is 0.390. The maximum Gasteiger partial charge on any atom is 2.00 e. The van der Waals surface area contributed by atoms with E-state index in [4.69, 9.17) is 10.7 Å². The fourth-order valence-electron chi connectivity index (χ4n) is 5.71. The predicted molar refractivity (Wildman–Crippen MR) is 211 cm³/mol. The molecule has 4 aromatic rings. The summed E-state index contributed by atoms with van der Waals surface area (Å²) in [5.41, 5.74) is 11.3. The molecule has 7 heteroatoms. The van der Waals surface area contributed by atoms with Gasteiger partial charge in [-0.05, 0) is 35.8 Å². The van der Waals surface area contributed by atoms with E-state index in [1.807, 2.05) is 42.5 Å². The number of benzene rings is 3. The molecule has 0 aliphatic heterocycles. The molecule has 0 saturated heterocycles. The summed E-state index contributed by atoms with van der Waals surface area (Å²) in [7, 11) is -1.23. The average Bonchev–Trinajstić information content (AvgIpc) is 2.99. The van der Waals surface area contributed by atoms with Crippen LogP contribution in [0, 0.1) is 37.5 Å². The molecule has 0 aliphatic carbocycles. The molecule has 48 heavy (non-hydrogen) atoms. The summed E-state index contributed by atoms with van der Waals surface area (Å²) in [6.07, 6.45) is 7.26. The van der Waals surface area contributed by atoms with E-state index in [0.29, 0.717) is 0 Å². The van der Waals surface area contributed by atoms with Crippen molar-refractivity contribution in [3.05, 3.63) is 133 Å². The Kier molecular flexibility index (Phi) is 20.8. The van der Waals surface area contributed by atoms with Crippen LogP contribution in [0.1, 0.15) is 66.5 Å². The van der Waals surface area contributed by atoms with Crippen molar-refractivity contribution in [3.8, 4) is 0 Å². The van der Waals surface area contributed by atoms with Crippen molar-refractivity contribution < 1.29 is 38.8 Å². The summed E-state index contributed by atoms with van der Waals surface area (Å²) in [6, 6.07) is 31.4. The van der Waals surface area contributed by atoms with E-state index < -0.39 is 15.8 Å². The molecule has 2 radical (unpaired) electrons. The summed E-state index contributed by atoms with van der Waals surface area (Å²) >= 11 is 0. The van der Waals surface area contributed by atoms with Crippen LogP contribution in [0.25, 0.3) is 10.7 Å². The van der Waals surface area contributed by atoms with Crippen molar-refractivity contribution in [2.24, 2.45) is 23.7 Å². The van der Waals surface area contributed by atoms with Gasteiger partial charge in [-0.3, -0.25) is 5.69 Å². The van der Waals surface area contributed by atoms with Crippen LogP contribution < -0.4 is 15.4 Å². The second-order valence-electron chi connectivity index (χ2n) is 14.0.